The van der Waals surface area contributed by atoms with Crippen LogP contribution in [0.3, 0.4) is 0 Å². The molecule has 2 aliphatic rings. The van der Waals surface area contributed by atoms with Crippen LogP contribution >= 0.6 is 11.8 Å². The van der Waals surface area contributed by atoms with Gasteiger partial charge in [0.05, 0.1) is 0 Å². The van der Waals surface area contributed by atoms with E-state index in [1.165, 1.54) is 12.8 Å². The van der Waals surface area contributed by atoms with Crippen molar-refractivity contribution in [3.63, 3.8) is 0 Å². The van der Waals surface area contributed by atoms with Gasteiger partial charge in [0.2, 0.25) is 5.89 Å². The zero-order chi connectivity index (χ0) is 16.2. The zero-order valence-electron chi connectivity index (χ0n) is 13.6. The maximum atomic E-state index is 12.2. The molecule has 6 nitrogen and oxygen atoms in total. The van der Waals surface area contributed by atoms with Crippen molar-refractivity contribution in [3.05, 3.63) is 11.7 Å². The first-order valence-corrected chi connectivity index (χ1v) is 9.85. The molecule has 1 aromatic heterocycles. The second-order valence-corrected chi connectivity index (χ2v) is 7.58. The number of likely N-dealkylation sites (tertiary alicyclic amines) is 1. The molecule has 1 atom stereocenters. The van der Waals surface area contributed by atoms with E-state index in [4.69, 9.17) is 4.52 Å². The van der Waals surface area contributed by atoms with Gasteiger partial charge in [-0.15, -0.1) is 0 Å². The Labute approximate surface area is 141 Å². The smallest absolute Gasteiger partial charge is 0.251 e. The average Bonchev–Trinajstić information content (AvgIpc) is 3.32. The molecule has 1 N–H and O–H groups in total. The molecule has 1 aliphatic carbocycles. The van der Waals surface area contributed by atoms with Gasteiger partial charge >= 0.3 is 0 Å². The first kappa shape index (κ1) is 16.8. The van der Waals surface area contributed by atoms with E-state index in [9.17, 15) is 9.90 Å². The zero-order valence-corrected chi connectivity index (χ0v) is 14.4. The molecule has 23 heavy (non-hydrogen) atoms. The number of hydrogen-bond acceptors (Lipinski definition) is 6. The number of aromatic nitrogens is 2. The van der Waals surface area contributed by atoms with E-state index in [0.29, 0.717) is 31.3 Å². The Balaban J connectivity index is 1.43. The van der Waals surface area contributed by atoms with Crippen LogP contribution in [0.15, 0.2) is 4.52 Å². The number of carbonyl (C=O) groups is 1. The fourth-order valence-corrected chi connectivity index (χ4v) is 3.48. The number of thioether (sulfide) groups is 1. The molecule has 2 fully saturated rings. The molecule has 1 aromatic rings. The summed E-state index contributed by atoms with van der Waals surface area (Å²) in [5.74, 6) is 3.28. The van der Waals surface area contributed by atoms with Crippen LogP contribution in [0, 0.1) is 5.92 Å². The summed E-state index contributed by atoms with van der Waals surface area (Å²) in [5.41, 5.74) is 0. The first-order chi connectivity index (χ1) is 11.2. The van der Waals surface area contributed by atoms with Crippen molar-refractivity contribution >= 4 is 17.7 Å². The standard InChI is InChI=1S/C16H25N3O3S/c1-23-9-6-13(20)16(21)19-7-4-11(5-8-19)10-14-17-15(22-18-14)12-2-3-12/h11-13,20H,2-10H2,1H3. The van der Waals surface area contributed by atoms with Crippen molar-refractivity contribution in [2.24, 2.45) is 5.92 Å². The Hall–Kier alpha value is -1.08. The molecule has 1 aliphatic heterocycles. The lowest BCUT2D eigenvalue weighted by molar-refractivity contribution is -0.141. The molecular formula is C16H25N3O3S. The monoisotopic (exact) mass is 339 g/mol. The second kappa shape index (κ2) is 7.66. The summed E-state index contributed by atoms with van der Waals surface area (Å²) >= 11 is 1.65. The van der Waals surface area contributed by atoms with Gasteiger partial charge in [0, 0.05) is 25.4 Å². The first-order valence-electron chi connectivity index (χ1n) is 8.45. The van der Waals surface area contributed by atoms with Crippen molar-refractivity contribution in [2.45, 2.75) is 50.5 Å². The number of carbonyl (C=O) groups excluding carboxylic acids is 1. The molecule has 1 unspecified atom stereocenters. The van der Waals surface area contributed by atoms with Crippen LogP contribution in [-0.2, 0) is 11.2 Å². The molecule has 128 valence electrons. The van der Waals surface area contributed by atoms with Crippen molar-refractivity contribution in [1.82, 2.24) is 15.0 Å². The summed E-state index contributed by atoms with van der Waals surface area (Å²) in [6, 6.07) is 0. The summed E-state index contributed by atoms with van der Waals surface area (Å²) < 4.78 is 5.30. The summed E-state index contributed by atoms with van der Waals surface area (Å²) in [6.07, 6.45) is 6.71. The second-order valence-electron chi connectivity index (χ2n) is 6.59. The highest BCUT2D eigenvalue weighted by Crippen LogP contribution is 2.39. The number of hydrogen-bond donors (Lipinski definition) is 1. The number of nitrogens with zero attached hydrogens (tertiary/aromatic N) is 3. The molecule has 2 heterocycles. The van der Waals surface area contributed by atoms with Crippen molar-refractivity contribution < 1.29 is 14.4 Å². The van der Waals surface area contributed by atoms with Gasteiger partial charge in [-0.05, 0) is 50.0 Å². The summed E-state index contributed by atoms with van der Waals surface area (Å²) in [5, 5.41) is 14.0. The summed E-state index contributed by atoms with van der Waals surface area (Å²) in [4.78, 5) is 18.5. The van der Waals surface area contributed by atoms with Gasteiger partial charge < -0.3 is 14.5 Å². The number of rotatable bonds is 7. The number of amides is 1. The highest BCUT2D eigenvalue weighted by molar-refractivity contribution is 7.98. The van der Waals surface area contributed by atoms with Crippen LogP contribution < -0.4 is 0 Å². The van der Waals surface area contributed by atoms with Crippen LogP contribution in [0.5, 0.6) is 0 Å². The van der Waals surface area contributed by atoms with E-state index < -0.39 is 6.10 Å². The lowest BCUT2D eigenvalue weighted by Gasteiger charge is -2.32. The largest absolute Gasteiger partial charge is 0.383 e. The van der Waals surface area contributed by atoms with Gasteiger partial charge in [0.1, 0.15) is 6.10 Å². The third-order valence-electron chi connectivity index (χ3n) is 4.69. The van der Waals surface area contributed by atoms with Crippen LogP contribution in [0.4, 0.5) is 0 Å². The minimum absolute atomic E-state index is 0.118. The van der Waals surface area contributed by atoms with Crippen molar-refractivity contribution in [2.75, 3.05) is 25.1 Å². The molecule has 3 rings (SSSR count). The van der Waals surface area contributed by atoms with E-state index in [1.807, 2.05) is 6.26 Å². The maximum Gasteiger partial charge on any atom is 0.251 e. The van der Waals surface area contributed by atoms with E-state index >= 15 is 0 Å². The Morgan fingerprint density at radius 2 is 2.13 bits per heavy atom. The molecule has 0 radical (unpaired) electrons. The highest BCUT2D eigenvalue weighted by Gasteiger charge is 2.31. The molecular weight excluding hydrogens is 314 g/mol. The topological polar surface area (TPSA) is 79.5 Å². The highest BCUT2D eigenvalue weighted by atomic mass is 32.2. The quantitative estimate of drug-likeness (QED) is 0.816. The Kier molecular flexibility index (Phi) is 5.58. The van der Waals surface area contributed by atoms with Gasteiger partial charge in [-0.2, -0.15) is 16.7 Å². The van der Waals surface area contributed by atoms with Gasteiger partial charge in [0.25, 0.3) is 5.91 Å². The number of piperidine rings is 1. The minimum atomic E-state index is -0.850. The predicted octanol–water partition coefficient (Wildman–Crippen LogP) is 1.84. The van der Waals surface area contributed by atoms with E-state index in [1.54, 1.807) is 16.7 Å². The molecule has 7 heteroatoms. The Morgan fingerprint density at radius 3 is 2.78 bits per heavy atom. The van der Waals surface area contributed by atoms with E-state index in [2.05, 4.69) is 10.1 Å². The third-order valence-corrected chi connectivity index (χ3v) is 5.33. The maximum absolute atomic E-state index is 12.2. The molecule has 1 saturated carbocycles. The molecule has 0 spiro atoms. The fourth-order valence-electron chi connectivity index (χ4n) is 3.03. The summed E-state index contributed by atoms with van der Waals surface area (Å²) in [7, 11) is 0. The number of aliphatic hydroxyl groups is 1. The van der Waals surface area contributed by atoms with Gasteiger partial charge in [-0.3, -0.25) is 4.79 Å². The molecule has 1 saturated heterocycles. The molecule has 0 aromatic carbocycles. The van der Waals surface area contributed by atoms with E-state index in [-0.39, 0.29) is 5.91 Å². The third kappa shape index (κ3) is 4.47. The molecule has 1 amide bonds. The lowest BCUT2D eigenvalue weighted by Crippen LogP contribution is -2.44. The van der Waals surface area contributed by atoms with Gasteiger partial charge in [0.15, 0.2) is 5.82 Å². The lowest BCUT2D eigenvalue weighted by atomic mass is 9.93. The van der Waals surface area contributed by atoms with Crippen LogP contribution in [-0.4, -0.2) is 57.3 Å². The normalized spacial score (nSPS) is 20.7. The van der Waals surface area contributed by atoms with Crippen LogP contribution in [0.25, 0.3) is 0 Å². The van der Waals surface area contributed by atoms with Crippen molar-refractivity contribution in [1.29, 1.82) is 0 Å². The average molecular weight is 339 g/mol. The number of aliphatic hydroxyl groups excluding tert-OH is 1. The van der Waals surface area contributed by atoms with Crippen LogP contribution in [0.1, 0.15) is 49.7 Å². The summed E-state index contributed by atoms with van der Waals surface area (Å²) in [6.45, 7) is 1.43. The minimum Gasteiger partial charge on any atom is -0.383 e. The van der Waals surface area contributed by atoms with Crippen molar-refractivity contribution in [3.8, 4) is 0 Å². The SMILES string of the molecule is CSCCC(O)C(=O)N1CCC(Cc2noc(C3CC3)n2)CC1. The fraction of sp³-hybridized carbons (Fsp3) is 0.812. The van der Waals surface area contributed by atoms with Gasteiger partial charge in [-0.1, -0.05) is 5.16 Å². The van der Waals surface area contributed by atoms with Gasteiger partial charge in [-0.25, -0.2) is 0 Å². The Bertz CT molecular complexity index is 524. The molecule has 0 bridgehead atoms. The van der Waals surface area contributed by atoms with Crippen LogP contribution in [0.2, 0.25) is 0 Å². The Morgan fingerprint density at radius 1 is 1.39 bits per heavy atom. The predicted molar refractivity (Wildman–Crippen MR) is 88.3 cm³/mol. The van der Waals surface area contributed by atoms with E-state index in [0.717, 1.165) is 36.7 Å².